The van der Waals surface area contributed by atoms with Gasteiger partial charge >= 0.3 is 0 Å². The van der Waals surface area contributed by atoms with E-state index in [-0.39, 0.29) is 0 Å². The van der Waals surface area contributed by atoms with Crippen molar-refractivity contribution in [3.05, 3.63) is 24.7 Å². The predicted molar refractivity (Wildman–Crippen MR) is 71.0 cm³/mol. The van der Waals surface area contributed by atoms with Crippen molar-refractivity contribution < 1.29 is 0 Å². The fourth-order valence-electron chi connectivity index (χ4n) is 2.99. The van der Waals surface area contributed by atoms with E-state index < -0.39 is 0 Å². The second kappa shape index (κ2) is 4.53. The van der Waals surface area contributed by atoms with Crippen molar-refractivity contribution in [3.8, 4) is 0 Å². The Morgan fingerprint density at radius 1 is 1.47 bits per heavy atom. The van der Waals surface area contributed by atoms with Crippen molar-refractivity contribution in [3.63, 3.8) is 0 Å². The molecule has 0 bridgehead atoms. The fourth-order valence-corrected chi connectivity index (χ4v) is 2.99. The molecule has 0 amide bonds. The van der Waals surface area contributed by atoms with Crippen LogP contribution in [0.25, 0.3) is 0 Å². The molecule has 4 heteroatoms. The fraction of sp³-hybridized carbons (Fsp3) is 0.615. The van der Waals surface area contributed by atoms with Gasteiger partial charge in [-0.3, -0.25) is 0 Å². The van der Waals surface area contributed by atoms with E-state index in [1.54, 1.807) is 0 Å². The third kappa shape index (κ3) is 2.09. The molecular formula is C13H22N4. The summed E-state index contributed by atoms with van der Waals surface area (Å²) in [6.45, 7) is 9.31. The van der Waals surface area contributed by atoms with E-state index in [0.29, 0.717) is 29.6 Å². The summed E-state index contributed by atoms with van der Waals surface area (Å²) in [5.41, 5.74) is 11.5. The van der Waals surface area contributed by atoms with E-state index >= 15 is 0 Å². The predicted octanol–water partition coefficient (Wildman–Crippen LogP) is 1.26. The van der Waals surface area contributed by atoms with Gasteiger partial charge in [-0.05, 0) is 36.8 Å². The van der Waals surface area contributed by atoms with Crippen molar-refractivity contribution in [1.29, 1.82) is 0 Å². The molecule has 17 heavy (non-hydrogen) atoms. The van der Waals surface area contributed by atoms with Gasteiger partial charge in [-0.15, -0.1) is 0 Å². The minimum absolute atomic E-state index is 0.444. The quantitative estimate of drug-likeness (QED) is 0.756. The number of nitrogens with two attached hydrogens (primary N) is 2. The lowest BCUT2D eigenvalue weighted by Gasteiger charge is -2.32. The summed E-state index contributed by atoms with van der Waals surface area (Å²) in [6, 6.07) is 0.444. The lowest BCUT2D eigenvalue weighted by molar-refractivity contribution is 0.259. The van der Waals surface area contributed by atoms with Gasteiger partial charge in [0.1, 0.15) is 11.7 Å². The van der Waals surface area contributed by atoms with Crippen LogP contribution in [0.15, 0.2) is 29.7 Å². The number of hydrogen-bond donors (Lipinski definition) is 2. The molecule has 4 N–H and O–H groups in total. The van der Waals surface area contributed by atoms with E-state index in [4.69, 9.17) is 11.5 Å². The zero-order valence-electron chi connectivity index (χ0n) is 10.6. The van der Waals surface area contributed by atoms with E-state index in [1.807, 2.05) is 12.3 Å². The Kier molecular flexibility index (Phi) is 3.24. The van der Waals surface area contributed by atoms with Crippen molar-refractivity contribution in [2.75, 3.05) is 6.54 Å². The van der Waals surface area contributed by atoms with Crippen LogP contribution in [0.2, 0.25) is 0 Å². The third-order valence-corrected chi connectivity index (χ3v) is 4.35. The van der Waals surface area contributed by atoms with E-state index in [1.165, 1.54) is 0 Å². The highest BCUT2D eigenvalue weighted by atomic mass is 15.3. The maximum absolute atomic E-state index is 5.83. The summed E-state index contributed by atoms with van der Waals surface area (Å²) in [6.07, 6.45) is 4.94. The van der Waals surface area contributed by atoms with Crippen LogP contribution < -0.4 is 11.5 Å². The Morgan fingerprint density at radius 3 is 2.71 bits per heavy atom. The first-order chi connectivity index (χ1) is 8.04. The Labute approximate surface area is 103 Å². The number of aliphatic imine (C=N–C) groups is 1. The normalized spacial score (nSPS) is 37.5. The van der Waals surface area contributed by atoms with Crippen molar-refractivity contribution >= 4 is 5.84 Å². The molecule has 4 nitrogen and oxygen atoms in total. The number of rotatable bonds is 2. The van der Waals surface area contributed by atoms with Crippen LogP contribution in [-0.2, 0) is 0 Å². The summed E-state index contributed by atoms with van der Waals surface area (Å²) in [5, 5.41) is 0. The first kappa shape index (κ1) is 12.2. The molecule has 1 heterocycles. The molecule has 2 rings (SSSR count). The standard InChI is InChI=1S/C13H22N4/c1-8-9(2)12(6-11(8)7-14)17-5-4-13(15)16-10(17)3/h4-5,8-9,11-12H,3,6-7,14H2,1-2H3,(H2,15,16). The Morgan fingerprint density at radius 2 is 2.18 bits per heavy atom. The SMILES string of the molecule is C=C1N=C(N)C=CN1C1CC(CN)C(C)C1C. The maximum atomic E-state index is 5.83. The molecular weight excluding hydrogens is 212 g/mol. The highest BCUT2D eigenvalue weighted by Crippen LogP contribution is 2.40. The Balaban J connectivity index is 2.15. The molecule has 4 atom stereocenters. The molecule has 1 aliphatic carbocycles. The third-order valence-electron chi connectivity index (χ3n) is 4.35. The number of amidine groups is 1. The van der Waals surface area contributed by atoms with Gasteiger partial charge in [-0.2, -0.15) is 0 Å². The Hall–Kier alpha value is -1.29. The summed E-state index contributed by atoms with van der Waals surface area (Å²) >= 11 is 0. The highest BCUT2D eigenvalue weighted by Gasteiger charge is 2.40. The molecule has 1 saturated carbocycles. The molecule has 0 saturated heterocycles. The van der Waals surface area contributed by atoms with E-state index in [2.05, 4.69) is 30.3 Å². The summed E-state index contributed by atoms with van der Waals surface area (Å²) in [7, 11) is 0. The first-order valence-electron chi connectivity index (χ1n) is 6.24. The van der Waals surface area contributed by atoms with E-state index in [0.717, 1.165) is 18.8 Å². The molecule has 0 aromatic rings. The monoisotopic (exact) mass is 234 g/mol. The zero-order chi connectivity index (χ0) is 12.6. The van der Waals surface area contributed by atoms with Gasteiger partial charge in [0.25, 0.3) is 0 Å². The molecule has 1 aliphatic heterocycles. The average Bonchev–Trinajstić information content (AvgIpc) is 2.57. The lowest BCUT2D eigenvalue weighted by atomic mass is 9.92. The highest BCUT2D eigenvalue weighted by molar-refractivity contribution is 5.92. The van der Waals surface area contributed by atoms with Crippen LogP contribution in [0.5, 0.6) is 0 Å². The van der Waals surface area contributed by atoms with Gasteiger partial charge in [0.2, 0.25) is 0 Å². The van der Waals surface area contributed by atoms with Crippen molar-refractivity contribution in [2.24, 2.45) is 34.2 Å². The molecule has 4 unspecified atom stereocenters. The molecule has 0 aromatic carbocycles. The van der Waals surface area contributed by atoms with Gasteiger partial charge < -0.3 is 16.4 Å². The summed E-state index contributed by atoms with van der Waals surface area (Å²) in [5.74, 6) is 3.11. The van der Waals surface area contributed by atoms with Crippen molar-refractivity contribution in [2.45, 2.75) is 26.3 Å². The van der Waals surface area contributed by atoms with Crippen LogP contribution in [0, 0.1) is 17.8 Å². The average molecular weight is 234 g/mol. The number of nitrogens with zero attached hydrogens (tertiary/aromatic N) is 2. The van der Waals surface area contributed by atoms with Gasteiger partial charge in [0, 0.05) is 12.2 Å². The molecule has 0 aromatic heterocycles. The summed E-state index contributed by atoms with van der Waals surface area (Å²) < 4.78 is 0. The van der Waals surface area contributed by atoms with Crippen LogP contribution in [-0.4, -0.2) is 23.3 Å². The zero-order valence-corrected chi connectivity index (χ0v) is 10.6. The van der Waals surface area contributed by atoms with Crippen LogP contribution >= 0.6 is 0 Å². The van der Waals surface area contributed by atoms with Crippen LogP contribution in [0.4, 0.5) is 0 Å². The van der Waals surface area contributed by atoms with Gasteiger partial charge in [-0.1, -0.05) is 20.4 Å². The number of hydrogen-bond acceptors (Lipinski definition) is 4. The Bertz CT molecular complexity index is 372. The topological polar surface area (TPSA) is 67.6 Å². The summed E-state index contributed by atoms with van der Waals surface area (Å²) in [4.78, 5) is 6.37. The van der Waals surface area contributed by atoms with Crippen LogP contribution in [0.3, 0.4) is 0 Å². The molecule has 1 fully saturated rings. The minimum Gasteiger partial charge on any atom is -0.384 e. The van der Waals surface area contributed by atoms with Crippen LogP contribution in [0.1, 0.15) is 20.3 Å². The van der Waals surface area contributed by atoms with Gasteiger partial charge in [0.15, 0.2) is 0 Å². The van der Waals surface area contributed by atoms with Gasteiger partial charge in [0.05, 0.1) is 0 Å². The minimum atomic E-state index is 0.444. The molecule has 2 aliphatic rings. The van der Waals surface area contributed by atoms with Crippen molar-refractivity contribution in [1.82, 2.24) is 4.90 Å². The second-order valence-corrected chi connectivity index (χ2v) is 5.19. The maximum Gasteiger partial charge on any atom is 0.127 e. The lowest BCUT2D eigenvalue weighted by Crippen LogP contribution is -2.35. The van der Waals surface area contributed by atoms with Gasteiger partial charge in [-0.25, -0.2) is 4.99 Å². The van der Waals surface area contributed by atoms with E-state index in [9.17, 15) is 0 Å². The largest absolute Gasteiger partial charge is 0.384 e. The smallest absolute Gasteiger partial charge is 0.127 e. The first-order valence-corrected chi connectivity index (χ1v) is 6.24. The molecule has 0 radical (unpaired) electrons. The second-order valence-electron chi connectivity index (χ2n) is 5.19. The molecule has 94 valence electrons. The molecule has 0 spiro atoms.